The van der Waals surface area contributed by atoms with Crippen LogP contribution in [0.4, 0.5) is 0 Å². The zero-order valence-corrected chi connectivity index (χ0v) is 17.0. The highest BCUT2D eigenvalue weighted by molar-refractivity contribution is 9.10. The van der Waals surface area contributed by atoms with E-state index in [0.29, 0.717) is 21.9 Å². The molecule has 5 nitrogen and oxygen atoms in total. The summed E-state index contributed by atoms with van der Waals surface area (Å²) in [5.74, 6) is 1.32. The summed E-state index contributed by atoms with van der Waals surface area (Å²) in [6.45, 7) is 2.70. The Morgan fingerprint density at radius 2 is 1.96 bits per heavy atom. The molecule has 7 heteroatoms. The Morgan fingerprint density at radius 1 is 1.19 bits per heavy atom. The molecule has 0 saturated carbocycles. The van der Waals surface area contributed by atoms with Gasteiger partial charge in [-0.05, 0) is 30.7 Å². The van der Waals surface area contributed by atoms with Gasteiger partial charge >= 0.3 is 0 Å². The maximum Gasteiger partial charge on any atom is 0.291 e. The van der Waals surface area contributed by atoms with Crippen LogP contribution in [0, 0.1) is 0 Å². The monoisotopic (exact) mass is 441 g/mol. The van der Waals surface area contributed by atoms with Gasteiger partial charge in [-0.3, -0.25) is 4.79 Å². The minimum Gasteiger partial charge on any atom is -0.493 e. The van der Waals surface area contributed by atoms with E-state index >= 15 is 0 Å². The second kappa shape index (κ2) is 7.62. The Morgan fingerprint density at radius 3 is 2.70 bits per heavy atom. The average molecular weight is 442 g/mol. The largest absolute Gasteiger partial charge is 0.493 e. The van der Waals surface area contributed by atoms with Crippen LogP contribution < -0.4 is 14.8 Å². The van der Waals surface area contributed by atoms with Crippen molar-refractivity contribution in [3.63, 3.8) is 0 Å². The van der Waals surface area contributed by atoms with Crippen molar-refractivity contribution in [3.05, 3.63) is 73.5 Å². The molecule has 2 heterocycles. The number of fused-ring (bicyclic) bond motifs is 1. The zero-order valence-electron chi connectivity index (χ0n) is 14.6. The highest BCUT2D eigenvalue weighted by atomic mass is 79.9. The predicted molar refractivity (Wildman–Crippen MR) is 111 cm³/mol. The van der Waals surface area contributed by atoms with Gasteiger partial charge in [0.15, 0.2) is 5.82 Å². The third-order valence-corrected chi connectivity index (χ3v) is 5.44. The van der Waals surface area contributed by atoms with Crippen molar-refractivity contribution in [2.24, 2.45) is 0 Å². The zero-order chi connectivity index (χ0) is 18.8. The van der Waals surface area contributed by atoms with Gasteiger partial charge in [0.05, 0.1) is 11.1 Å². The Bertz CT molecular complexity index is 1200. The van der Waals surface area contributed by atoms with Gasteiger partial charge in [0.1, 0.15) is 5.75 Å². The van der Waals surface area contributed by atoms with Gasteiger partial charge in [0.2, 0.25) is 4.96 Å². The first-order valence-corrected chi connectivity index (χ1v) is 10.2. The van der Waals surface area contributed by atoms with Gasteiger partial charge in [-0.1, -0.05) is 64.5 Å². The van der Waals surface area contributed by atoms with Crippen molar-refractivity contribution < 1.29 is 4.74 Å². The number of rotatable bonds is 5. The van der Waals surface area contributed by atoms with Crippen molar-refractivity contribution in [1.82, 2.24) is 14.6 Å². The number of nitrogens with zero attached hydrogens (tertiary/aromatic N) is 3. The number of hydrogen-bond donors (Lipinski definition) is 0. The Kier molecular flexibility index (Phi) is 5.05. The molecule has 0 amide bonds. The van der Waals surface area contributed by atoms with Gasteiger partial charge < -0.3 is 4.74 Å². The van der Waals surface area contributed by atoms with Gasteiger partial charge in [-0.2, -0.15) is 9.50 Å². The number of aromatic nitrogens is 3. The van der Waals surface area contributed by atoms with E-state index in [4.69, 9.17) is 4.74 Å². The van der Waals surface area contributed by atoms with Gasteiger partial charge in [0.25, 0.3) is 5.56 Å². The van der Waals surface area contributed by atoms with Crippen LogP contribution in [0.1, 0.15) is 18.9 Å². The van der Waals surface area contributed by atoms with Crippen LogP contribution >= 0.6 is 27.3 Å². The molecule has 4 aromatic rings. The lowest BCUT2D eigenvalue weighted by atomic mass is 10.2. The summed E-state index contributed by atoms with van der Waals surface area (Å²) >= 11 is 4.74. The van der Waals surface area contributed by atoms with Crippen molar-refractivity contribution in [1.29, 1.82) is 0 Å². The van der Waals surface area contributed by atoms with Crippen LogP contribution in [0.5, 0.6) is 5.75 Å². The molecule has 0 bridgehead atoms. The number of para-hydroxylation sites is 1. The van der Waals surface area contributed by atoms with E-state index in [0.717, 1.165) is 27.8 Å². The van der Waals surface area contributed by atoms with Gasteiger partial charge in [-0.15, -0.1) is 5.10 Å². The first kappa shape index (κ1) is 17.9. The quantitative estimate of drug-likeness (QED) is 0.470. The van der Waals surface area contributed by atoms with Crippen LogP contribution in [0.3, 0.4) is 0 Å². The number of thiazole rings is 1. The highest BCUT2D eigenvalue weighted by Gasteiger charge is 2.12. The van der Waals surface area contributed by atoms with Crippen molar-refractivity contribution in [2.45, 2.75) is 13.3 Å². The lowest BCUT2D eigenvalue weighted by molar-refractivity contribution is 0.317. The molecule has 27 heavy (non-hydrogen) atoms. The molecule has 0 unspecified atom stereocenters. The van der Waals surface area contributed by atoms with E-state index in [2.05, 4.69) is 32.9 Å². The average Bonchev–Trinajstić information content (AvgIpc) is 3.21. The van der Waals surface area contributed by atoms with Crippen LogP contribution in [0.25, 0.3) is 22.4 Å². The van der Waals surface area contributed by atoms with E-state index in [1.807, 2.05) is 54.6 Å². The molecule has 0 radical (unpaired) electrons. The molecular weight excluding hydrogens is 426 g/mol. The lowest BCUT2D eigenvalue weighted by Crippen LogP contribution is -2.23. The SMILES string of the molecule is CCCOc1ccccc1C=c1sc2nc(-c3ccc(Br)cc3)nn2c1=O. The van der Waals surface area contributed by atoms with E-state index in [1.54, 1.807) is 0 Å². The Labute approximate surface area is 168 Å². The maximum absolute atomic E-state index is 12.7. The second-order valence-corrected chi connectivity index (χ2v) is 7.86. The summed E-state index contributed by atoms with van der Waals surface area (Å²) in [4.78, 5) is 17.8. The summed E-state index contributed by atoms with van der Waals surface area (Å²) in [5.41, 5.74) is 1.58. The molecule has 4 rings (SSSR count). The second-order valence-electron chi connectivity index (χ2n) is 5.94. The molecule has 0 aliphatic carbocycles. The van der Waals surface area contributed by atoms with Crippen molar-refractivity contribution in [2.75, 3.05) is 6.61 Å². The summed E-state index contributed by atoms with van der Waals surface area (Å²) < 4.78 is 8.70. The third kappa shape index (κ3) is 3.65. The molecule has 0 aliphatic rings. The smallest absolute Gasteiger partial charge is 0.291 e. The fourth-order valence-electron chi connectivity index (χ4n) is 2.64. The summed E-state index contributed by atoms with van der Waals surface area (Å²) in [6.07, 6.45) is 2.77. The number of ether oxygens (including phenoxy) is 1. The van der Waals surface area contributed by atoms with Gasteiger partial charge in [-0.25, -0.2) is 0 Å². The number of benzene rings is 2. The summed E-state index contributed by atoms with van der Waals surface area (Å²) in [6, 6.07) is 15.4. The summed E-state index contributed by atoms with van der Waals surface area (Å²) in [7, 11) is 0. The molecule has 0 atom stereocenters. The Balaban J connectivity index is 1.75. The van der Waals surface area contributed by atoms with Crippen LogP contribution in [0.2, 0.25) is 0 Å². The molecule has 0 fully saturated rings. The van der Waals surface area contributed by atoms with Crippen molar-refractivity contribution in [3.8, 4) is 17.1 Å². The topological polar surface area (TPSA) is 56.5 Å². The Hall–Kier alpha value is -2.51. The molecule has 0 N–H and O–H groups in total. The third-order valence-electron chi connectivity index (χ3n) is 3.95. The fraction of sp³-hybridized carbons (Fsp3) is 0.150. The molecular formula is C20H16BrN3O2S. The first-order valence-electron chi connectivity index (χ1n) is 8.55. The van der Waals surface area contributed by atoms with E-state index < -0.39 is 0 Å². The normalized spacial score (nSPS) is 12.0. The van der Waals surface area contributed by atoms with Crippen LogP contribution in [-0.4, -0.2) is 21.2 Å². The van der Waals surface area contributed by atoms with E-state index in [-0.39, 0.29) is 5.56 Å². The first-order chi connectivity index (χ1) is 13.2. The highest BCUT2D eigenvalue weighted by Crippen LogP contribution is 2.21. The molecule has 136 valence electrons. The van der Waals surface area contributed by atoms with Crippen LogP contribution in [-0.2, 0) is 0 Å². The number of halogens is 1. The minimum absolute atomic E-state index is 0.170. The molecule has 0 spiro atoms. The molecule has 2 aromatic heterocycles. The van der Waals surface area contributed by atoms with E-state index in [9.17, 15) is 4.79 Å². The maximum atomic E-state index is 12.7. The number of hydrogen-bond acceptors (Lipinski definition) is 5. The van der Waals surface area contributed by atoms with E-state index in [1.165, 1.54) is 15.9 Å². The lowest BCUT2D eigenvalue weighted by Gasteiger charge is -2.07. The predicted octanol–water partition coefficient (Wildman–Crippen LogP) is 3.92. The molecule has 2 aromatic carbocycles. The standard InChI is InChI=1S/C20H16BrN3O2S/c1-2-11-26-16-6-4-3-5-14(16)12-17-19(25)24-20(27-17)22-18(23-24)13-7-9-15(21)10-8-13/h3-10,12H,2,11H2,1H3. The van der Waals surface area contributed by atoms with Gasteiger partial charge in [0, 0.05) is 15.6 Å². The van der Waals surface area contributed by atoms with Crippen molar-refractivity contribution >= 4 is 38.3 Å². The molecule has 0 aliphatic heterocycles. The molecule has 0 saturated heterocycles. The minimum atomic E-state index is -0.170. The van der Waals surface area contributed by atoms with Crippen LogP contribution in [0.15, 0.2) is 57.8 Å². The fourth-order valence-corrected chi connectivity index (χ4v) is 3.80. The summed E-state index contributed by atoms with van der Waals surface area (Å²) in [5, 5.41) is 4.38.